The lowest BCUT2D eigenvalue weighted by molar-refractivity contribution is 0.350. The van der Waals surface area contributed by atoms with Gasteiger partial charge in [0.05, 0.1) is 14.8 Å². The Balaban J connectivity index is 1.77. The highest BCUT2D eigenvalue weighted by atomic mass is 31.1. The molecule has 0 unspecified atom stereocenters. The van der Waals surface area contributed by atoms with Gasteiger partial charge in [-0.3, -0.25) is 0 Å². The van der Waals surface area contributed by atoms with E-state index < -0.39 is 8.15 Å². The van der Waals surface area contributed by atoms with Crippen LogP contribution in [0.1, 0.15) is 31.9 Å². The van der Waals surface area contributed by atoms with E-state index in [4.69, 9.17) is 4.52 Å². The minimum atomic E-state index is -0.805. The summed E-state index contributed by atoms with van der Waals surface area (Å²) >= 11 is 0. The van der Waals surface area contributed by atoms with Crippen molar-refractivity contribution in [1.82, 2.24) is 0 Å². The lowest BCUT2D eigenvalue weighted by Gasteiger charge is -2.20. The average Bonchev–Trinajstić information content (AvgIpc) is 2.63. The summed E-state index contributed by atoms with van der Waals surface area (Å²) in [5.74, 6) is 0. The number of hydrogen-bond acceptors (Lipinski definition) is 1. The third-order valence-electron chi connectivity index (χ3n) is 4.16. The number of benzene rings is 3. The van der Waals surface area contributed by atoms with Gasteiger partial charge >= 0.3 is 0 Å². The third kappa shape index (κ3) is 4.78. The molecule has 0 heterocycles. The Kier molecular flexibility index (Phi) is 5.68. The van der Waals surface area contributed by atoms with Gasteiger partial charge < -0.3 is 4.52 Å². The van der Waals surface area contributed by atoms with Gasteiger partial charge in [0, 0.05) is 10.6 Å². The van der Waals surface area contributed by atoms with Crippen molar-refractivity contribution in [3.05, 3.63) is 96.1 Å². The van der Waals surface area contributed by atoms with Crippen LogP contribution in [0, 0.1) is 0 Å². The topological polar surface area (TPSA) is 9.23 Å². The molecule has 0 atom stereocenters. The molecule has 2 heteroatoms. The molecular weight excluding hydrogens is 323 g/mol. The van der Waals surface area contributed by atoms with E-state index in [1.807, 2.05) is 12.1 Å². The monoisotopic (exact) mass is 348 g/mol. The third-order valence-corrected chi connectivity index (χ3v) is 6.08. The lowest BCUT2D eigenvalue weighted by Crippen LogP contribution is -2.13. The molecule has 0 aliphatic carbocycles. The minimum absolute atomic E-state index is 0.181. The van der Waals surface area contributed by atoms with Crippen LogP contribution in [0.3, 0.4) is 0 Å². The van der Waals surface area contributed by atoms with Gasteiger partial charge in [0.25, 0.3) is 0 Å². The van der Waals surface area contributed by atoms with Gasteiger partial charge in [0.1, 0.15) is 0 Å². The maximum absolute atomic E-state index is 6.39. The van der Waals surface area contributed by atoms with Gasteiger partial charge in [-0.15, -0.1) is 0 Å². The summed E-state index contributed by atoms with van der Waals surface area (Å²) < 4.78 is 6.39. The molecule has 3 aromatic carbocycles. The molecule has 0 bridgehead atoms. The van der Waals surface area contributed by atoms with Crippen molar-refractivity contribution in [3.63, 3.8) is 0 Å². The summed E-state index contributed by atoms with van der Waals surface area (Å²) in [5.41, 5.74) is 2.75. The quantitative estimate of drug-likeness (QED) is 0.549. The molecule has 0 radical (unpaired) electrons. The molecule has 0 spiro atoms. The second kappa shape index (κ2) is 7.95. The molecule has 128 valence electrons. The Morgan fingerprint density at radius 1 is 0.680 bits per heavy atom. The van der Waals surface area contributed by atoms with E-state index in [-0.39, 0.29) is 5.41 Å². The molecule has 0 aromatic heterocycles. The van der Waals surface area contributed by atoms with Crippen LogP contribution >= 0.6 is 8.15 Å². The molecule has 3 aromatic rings. The second-order valence-electron chi connectivity index (χ2n) is 7.19. The zero-order valence-corrected chi connectivity index (χ0v) is 16.0. The smallest absolute Gasteiger partial charge is 0.0922 e. The Morgan fingerprint density at radius 3 is 1.60 bits per heavy atom. The molecule has 0 aliphatic heterocycles. The number of rotatable bonds is 5. The first-order valence-electron chi connectivity index (χ1n) is 8.66. The van der Waals surface area contributed by atoms with Crippen LogP contribution in [0.15, 0.2) is 84.9 Å². The van der Waals surface area contributed by atoms with Gasteiger partial charge in [-0.05, 0) is 16.5 Å². The van der Waals surface area contributed by atoms with Crippen molar-refractivity contribution in [1.29, 1.82) is 0 Å². The maximum atomic E-state index is 6.39. The highest BCUT2D eigenvalue weighted by Crippen LogP contribution is 2.36. The minimum Gasteiger partial charge on any atom is -0.345 e. The first-order chi connectivity index (χ1) is 12.0. The molecule has 0 saturated carbocycles. The van der Waals surface area contributed by atoms with Crippen molar-refractivity contribution in [2.45, 2.75) is 32.8 Å². The van der Waals surface area contributed by atoms with Crippen LogP contribution in [-0.4, -0.2) is 0 Å². The fourth-order valence-electron chi connectivity index (χ4n) is 2.66. The maximum Gasteiger partial charge on any atom is 0.0922 e. The summed E-state index contributed by atoms with van der Waals surface area (Å²) in [6, 6.07) is 29.8. The summed E-state index contributed by atoms with van der Waals surface area (Å²) in [6.07, 6.45) is 0. The SMILES string of the molecule is CC(C)(C)c1ccc(COP(c2ccccc2)c2ccccc2)cc1. The molecule has 3 rings (SSSR count). The highest BCUT2D eigenvalue weighted by Gasteiger charge is 2.16. The second-order valence-corrected chi connectivity index (χ2v) is 9.07. The molecule has 25 heavy (non-hydrogen) atoms. The van der Waals surface area contributed by atoms with Gasteiger partial charge in [0.15, 0.2) is 0 Å². The van der Waals surface area contributed by atoms with Crippen molar-refractivity contribution >= 4 is 18.8 Å². The predicted octanol–water partition coefficient (Wildman–Crippen LogP) is 5.55. The lowest BCUT2D eigenvalue weighted by atomic mass is 9.87. The van der Waals surface area contributed by atoms with Crippen LogP contribution in [0.25, 0.3) is 0 Å². The molecule has 0 saturated heterocycles. The molecule has 0 amide bonds. The Hall–Kier alpha value is -1.95. The summed E-state index contributed by atoms with van der Waals surface area (Å²) in [7, 11) is -0.805. The predicted molar refractivity (Wildman–Crippen MR) is 109 cm³/mol. The van der Waals surface area contributed by atoms with Crippen molar-refractivity contribution in [3.8, 4) is 0 Å². The molecule has 0 N–H and O–H groups in total. The highest BCUT2D eigenvalue weighted by molar-refractivity contribution is 7.68. The van der Waals surface area contributed by atoms with E-state index in [1.54, 1.807) is 0 Å². The molecular formula is C23H25OP. The van der Waals surface area contributed by atoms with E-state index in [1.165, 1.54) is 21.7 Å². The van der Waals surface area contributed by atoms with Crippen LogP contribution in [0.4, 0.5) is 0 Å². The zero-order valence-electron chi connectivity index (χ0n) is 15.1. The van der Waals surface area contributed by atoms with Crippen LogP contribution in [0.5, 0.6) is 0 Å². The first kappa shape index (κ1) is 17.9. The largest absolute Gasteiger partial charge is 0.345 e. The van der Waals surface area contributed by atoms with Crippen LogP contribution in [-0.2, 0) is 16.5 Å². The van der Waals surface area contributed by atoms with Crippen LogP contribution < -0.4 is 10.6 Å². The van der Waals surface area contributed by atoms with E-state index in [0.717, 1.165) is 0 Å². The van der Waals surface area contributed by atoms with E-state index in [9.17, 15) is 0 Å². The van der Waals surface area contributed by atoms with Gasteiger partial charge in [-0.25, -0.2) is 0 Å². The summed E-state index contributed by atoms with van der Waals surface area (Å²) in [5, 5.41) is 2.49. The molecule has 1 nitrogen and oxygen atoms in total. The fourth-order valence-corrected chi connectivity index (χ4v) is 4.43. The normalized spacial score (nSPS) is 11.7. The first-order valence-corrected chi connectivity index (χ1v) is 9.92. The van der Waals surface area contributed by atoms with E-state index in [2.05, 4.69) is 93.6 Å². The van der Waals surface area contributed by atoms with Crippen LogP contribution in [0.2, 0.25) is 0 Å². The zero-order chi connectivity index (χ0) is 17.7. The molecule has 0 aliphatic rings. The van der Waals surface area contributed by atoms with Crippen molar-refractivity contribution in [2.24, 2.45) is 0 Å². The average molecular weight is 348 g/mol. The fraction of sp³-hybridized carbons (Fsp3) is 0.217. The Morgan fingerprint density at radius 2 is 1.16 bits per heavy atom. The molecule has 0 fully saturated rings. The van der Waals surface area contributed by atoms with E-state index in [0.29, 0.717) is 6.61 Å². The van der Waals surface area contributed by atoms with Gasteiger partial charge in [-0.2, -0.15) is 0 Å². The van der Waals surface area contributed by atoms with E-state index >= 15 is 0 Å². The summed E-state index contributed by atoms with van der Waals surface area (Å²) in [6.45, 7) is 7.34. The Labute approximate surface area is 152 Å². The van der Waals surface area contributed by atoms with Crippen molar-refractivity contribution in [2.75, 3.05) is 0 Å². The number of hydrogen-bond donors (Lipinski definition) is 0. The van der Waals surface area contributed by atoms with Gasteiger partial charge in [0.2, 0.25) is 0 Å². The Bertz CT molecular complexity index is 734. The van der Waals surface area contributed by atoms with Crippen molar-refractivity contribution < 1.29 is 4.52 Å². The summed E-state index contributed by atoms with van der Waals surface area (Å²) in [4.78, 5) is 0. The van der Waals surface area contributed by atoms with Gasteiger partial charge in [-0.1, -0.05) is 106 Å². The standard InChI is InChI=1S/C23H25OP/c1-23(2,3)20-16-14-19(15-17-20)18-24-25(21-10-6-4-7-11-21)22-12-8-5-9-13-22/h4-17H,18H2,1-3H3.